The number of alkyl halides is 3. The second-order valence-corrected chi connectivity index (χ2v) is 8.68. The van der Waals surface area contributed by atoms with E-state index < -0.39 is 23.4 Å². The van der Waals surface area contributed by atoms with Crippen LogP contribution in [0.3, 0.4) is 0 Å². The van der Waals surface area contributed by atoms with E-state index in [1.54, 1.807) is 24.3 Å². The second-order valence-electron chi connectivity index (χ2n) is 8.27. The van der Waals surface area contributed by atoms with Crippen molar-refractivity contribution in [1.29, 1.82) is 0 Å². The molecule has 1 fully saturated rings. The highest BCUT2D eigenvalue weighted by molar-refractivity contribution is 6.32. The number of pyridine rings is 2. The van der Waals surface area contributed by atoms with Crippen molar-refractivity contribution in [2.45, 2.75) is 12.1 Å². The lowest BCUT2D eigenvalue weighted by Gasteiger charge is -2.27. The standard InChI is InChI=1S/C24H19ClF3N9O/c25-18-7-14(11-32-22(18)37-33-5-6-34-37)35-23(38)17(8-29)21(24(26,27)28)36-19-12-31-20(13-9-30-10-13)16-4-2-1-3-15(16)19/h1-8,11-13,30H,9-10,29H2,(H,35,38). The number of benzene rings is 1. The fourth-order valence-electron chi connectivity index (χ4n) is 3.92. The van der Waals surface area contributed by atoms with Gasteiger partial charge in [-0.2, -0.15) is 23.4 Å². The summed E-state index contributed by atoms with van der Waals surface area (Å²) in [5.74, 6) is -0.829. The number of nitrogens with zero attached hydrogens (tertiary/aromatic N) is 6. The maximum absolute atomic E-state index is 14.2. The van der Waals surface area contributed by atoms with Gasteiger partial charge in [-0.1, -0.05) is 35.9 Å². The summed E-state index contributed by atoms with van der Waals surface area (Å²) in [6.07, 6.45) is 0.863. The smallest absolute Gasteiger partial charge is 0.404 e. The van der Waals surface area contributed by atoms with Crippen LogP contribution in [0.2, 0.25) is 5.02 Å². The maximum Gasteiger partial charge on any atom is 0.434 e. The molecule has 0 radical (unpaired) electrons. The third-order valence-corrected chi connectivity index (χ3v) is 6.11. The zero-order chi connectivity index (χ0) is 26.9. The van der Waals surface area contributed by atoms with Crippen LogP contribution in [0.5, 0.6) is 0 Å². The minimum Gasteiger partial charge on any atom is -0.404 e. The fraction of sp³-hybridized carbons (Fsp3) is 0.167. The van der Waals surface area contributed by atoms with Crippen LogP contribution in [-0.4, -0.2) is 55.8 Å². The quantitative estimate of drug-likeness (QED) is 0.250. The van der Waals surface area contributed by atoms with E-state index in [-0.39, 0.29) is 28.1 Å². The molecule has 1 aliphatic heterocycles. The Bertz CT molecular complexity index is 1560. The number of halogens is 4. The van der Waals surface area contributed by atoms with Crippen LogP contribution >= 0.6 is 11.6 Å². The topological polar surface area (TPSA) is 136 Å². The van der Waals surface area contributed by atoms with Crippen molar-refractivity contribution in [3.05, 3.63) is 77.6 Å². The van der Waals surface area contributed by atoms with Gasteiger partial charge in [-0.3, -0.25) is 9.78 Å². The molecule has 0 spiro atoms. The summed E-state index contributed by atoms with van der Waals surface area (Å²) in [6, 6.07) is 8.23. The number of rotatable bonds is 6. The number of carbonyl (C=O) groups excluding carboxylic acids is 1. The Morgan fingerprint density at radius 1 is 1.16 bits per heavy atom. The average Bonchev–Trinajstić information content (AvgIpc) is 3.38. The van der Waals surface area contributed by atoms with Gasteiger partial charge in [0.15, 0.2) is 11.5 Å². The summed E-state index contributed by atoms with van der Waals surface area (Å²) in [7, 11) is 0. The average molecular weight is 542 g/mol. The number of fused-ring (bicyclic) bond motifs is 1. The number of nitrogens with one attached hydrogen (secondary N) is 2. The first-order valence-electron chi connectivity index (χ1n) is 11.3. The van der Waals surface area contributed by atoms with E-state index in [9.17, 15) is 18.0 Å². The first-order valence-corrected chi connectivity index (χ1v) is 11.6. The van der Waals surface area contributed by atoms with Crippen LogP contribution in [0, 0.1) is 0 Å². The van der Waals surface area contributed by atoms with Crippen molar-refractivity contribution < 1.29 is 18.0 Å². The number of hydrogen-bond acceptors (Lipinski definition) is 8. The molecule has 4 N–H and O–H groups in total. The van der Waals surface area contributed by atoms with Gasteiger partial charge in [0.2, 0.25) is 0 Å². The first kappa shape index (κ1) is 25.3. The highest BCUT2D eigenvalue weighted by Gasteiger charge is 2.41. The van der Waals surface area contributed by atoms with Gasteiger partial charge in [-0.15, -0.1) is 4.80 Å². The zero-order valence-electron chi connectivity index (χ0n) is 19.4. The van der Waals surface area contributed by atoms with Gasteiger partial charge in [0, 0.05) is 36.0 Å². The maximum atomic E-state index is 14.2. The lowest BCUT2D eigenvalue weighted by atomic mass is 9.94. The normalized spacial score (nSPS) is 14.9. The van der Waals surface area contributed by atoms with E-state index in [0.29, 0.717) is 17.0 Å². The van der Waals surface area contributed by atoms with Gasteiger partial charge >= 0.3 is 6.18 Å². The van der Waals surface area contributed by atoms with Gasteiger partial charge in [0.1, 0.15) is 0 Å². The van der Waals surface area contributed by atoms with Gasteiger partial charge in [0.05, 0.1) is 52.5 Å². The second kappa shape index (κ2) is 10.2. The number of anilines is 1. The van der Waals surface area contributed by atoms with Gasteiger partial charge in [0.25, 0.3) is 5.91 Å². The molecular weight excluding hydrogens is 523 g/mol. The van der Waals surface area contributed by atoms with E-state index >= 15 is 0 Å². The molecule has 0 aliphatic carbocycles. The van der Waals surface area contributed by atoms with Crippen molar-refractivity contribution in [1.82, 2.24) is 30.3 Å². The van der Waals surface area contributed by atoms with Crippen LogP contribution in [0.4, 0.5) is 24.5 Å². The van der Waals surface area contributed by atoms with Gasteiger partial charge < -0.3 is 16.4 Å². The summed E-state index contributed by atoms with van der Waals surface area (Å²) >= 11 is 6.20. The Morgan fingerprint density at radius 3 is 2.47 bits per heavy atom. The number of carbonyl (C=O) groups is 1. The molecule has 1 aliphatic rings. The fourth-order valence-corrected chi connectivity index (χ4v) is 4.17. The minimum atomic E-state index is -5.01. The number of aliphatic imine (C=N–C) groups is 1. The van der Waals surface area contributed by atoms with E-state index in [1.807, 2.05) is 0 Å². The molecule has 0 unspecified atom stereocenters. The molecule has 1 aromatic carbocycles. The first-order chi connectivity index (χ1) is 18.3. The highest BCUT2D eigenvalue weighted by Crippen LogP contribution is 2.34. The predicted molar refractivity (Wildman–Crippen MR) is 136 cm³/mol. The van der Waals surface area contributed by atoms with Crippen molar-refractivity contribution in [2.75, 3.05) is 18.4 Å². The molecule has 38 heavy (non-hydrogen) atoms. The van der Waals surface area contributed by atoms with E-state index in [4.69, 9.17) is 17.3 Å². The predicted octanol–water partition coefficient (Wildman–Crippen LogP) is 3.67. The zero-order valence-corrected chi connectivity index (χ0v) is 20.2. The Hall–Kier alpha value is -4.36. The third-order valence-electron chi connectivity index (χ3n) is 5.83. The molecule has 3 aromatic heterocycles. The Kier molecular flexibility index (Phi) is 6.78. The van der Waals surface area contributed by atoms with Crippen molar-refractivity contribution in [3.63, 3.8) is 0 Å². The lowest BCUT2D eigenvalue weighted by molar-refractivity contribution is -0.113. The molecule has 4 heterocycles. The molecule has 1 amide bonds. The lowest BCUT2D eigenvalue weighted by Crippen LogP contribution is -2.40. The van der Waals surface area contributed by atoms with Crippen molar-refractivity contribution in [3.8, 4) is 5.82 Å². The number of amides is 1. The van der Waals surface area contributed by atoms with Crippen LogP contribution in [0.1, 0.15) is 11.6 Å². The summed E-state index contributed by atoms with van der Waals surface area (Å²) in [4.78, 5) is 26.4. The summed E-state index contributed by atoms with van der Waals surface area (Å²) in [5.41, 5.74) is 3.91. The van der Waals surface area contributed by atoms with E-state index in [2.05, 4.69) is 35.8 Å². The van der Waals surface area contributed by atoms with Crippen LogP contribution in [0.25, 0.3) is 16.6 Å². The van der Waals surface area contributed by atoms with Crippen molar-refractivity contribution in [2.24, 2.45) is 10.7 Å². The highest BCUT2D eigenvalue weighted by atomic mass is 35.5. The molecule has 0 bridgehead atoms. The molecule has 0 saturated carbocycles. The molecule has 14 heteroatoms. The van der Waals surface area contributed by atoms with Crippen molar-refractivity contribution >= 4 is 45.4 Å². The number of hydrogen-bond donors (Lipinski definition) is 3. The largest absolute Gasteiger partial charge is 0.434 e. The molecule has 0 atom stereocenters. The minimum absolute atomic E-state index is 0.0300. The Morgan fingerprint density at radius 2 is 1.87 bits per heavy atom. The molecule has 10 nitrogen and oxygen atoms in total. The Labute approximate surface area is 218 Å². The van der Waals surface area contributed by atoms with E-state index in [1.165, 1.54) is 30.9 Å². The van der Waals surface area contributed by atoms with Gasteiger partial charge in [-0.05, 0) is 6.07 Å². The third kappa shape index (κ3) is 4.93. The van der Waals surface area contributed by atoms with Crippen LogP contribution in [-0.2, 0) is 4.79 Å². The molecule has 5 rings (SSSR count). The molecule has 4 aromatic rings. The van der Waals surface area contributed by atoms with Crippen LogP contribution in [0.15, 0.2) is 71.9 Å². The summed E-state index contributed by atoms with van der Waals surface area (Å²) < 4.78 is 42.6. The number of aromatic nitrogens is 5. The molecule has 194 valence electrons. The number of nitrogens with two attached hydrogens (primary N) is 1. The van der Waals surface area contributed by atoms with E-state index in [0.717, 1.165) is 23.6 Å². The summed E-state index contributed by atoms with van der Waals surface area (Å²) in [6.45, 7) is 1.46. The monoisotopic (exact) mass is 541 g/mol. The molecule has 1 saturated heterocycles. The molecular formula is C24H19ClF3N9O. The Balaban J connectivity index is 1.49. The van der Waals surface area contributed by atoms with Crippen LogP contribution < -0.4 is 16.4 Å². The summed E-state index contributed by atoms with van der Waals surface area (Å²) in [5, 5.41) is 14.5. The van der Waals surface area contributed by atoms with Gasteiger partial charge in [-0.25, -0.2) is 9.98 Å². The SMILES string of the molecule is NC=C(C(=O)Nc1cnc(-n2nccn2)c(Cl)c1)C(=Nc1cnc(C2CNC2)c2ccccc12)C(F)(F)F.